The zero-order valence-corrected chi connectivity index (χ0v) is 11.9. The lowest BCUT2D eigenvalue weighted by molar-refractivity contribution is 0.0750. The predicted octanol–water partition coefficient (Wildman–Crippen LogP) is 4.04. The van der Waals surface area contributed by atoms with Crippen LogP contribution in [-0.4, -0.2) is 23.9 Å². The van der Waals surface area contributed by atoms with Gasteiger partial charge in [0.05, 0.1) is 0 Å². The highest BCUT2D eigenvalue weighted by Crippen LogP contribution is 2.12. The van der Waals surface area contributed by atoms with E-state index in [1.165, 1.54) is 0 Å². The Morgan fingerprint density at radius 2 is 1.61 bits per heavy atom. The van der Waals surface area contributed by atoms with E-state index in [1.54, 1.807) is 0 Å². The molecule has 0 unspecified atom stereocenters. The van der Waals surface area contributed by atoms with Crippen molar-refractivity contribution in [1.82, 2.24) is 4.90 Å². The molecule has 0 heterocycles. The number of benzene rings is 1. The van der Waals surface area contributed by atoms with Crippen LogP contribution in [0.25, 0.3) is 0 Å². The van der Waals surface area contributed by atoms with E-state index in [4.69, 9.17) is 0 Å². The summed E-state index contributed by atoms with van der Waals surface area (Å²) in [5.74, 6) is 0.190. The molecule has 0 fully saturated rings. The van der Waals surface area contributed by atoms with Crippen LogP contribution in [0.1, 0.15) is 55.5 Å². The Morgan fingerprint density at radius 1 is 1.06 bits per heavy atom. The van der Waals surface area contributed by atoms with E-state index in [-0.39, 0.29) is 5.91 Å². The molecular weight excluding hydrogens is 222 g/mol. The summed E-state index contributed by atoms with van der Waals surface area (Å²) in [5.41, 5.74) is 1.92. The Balaban J connectivity index is 2.77. The molecule has 0 saturated carbocycles. The molecule has 100 valence electrons. The number of carbonyl (C=O) groups excluding carboxylic acids is 1. The largest absolute Gasteiger partial charge is 0.339 e. The second kappa shape index (κ2) is 7.91. The third kappa shape index (κ3) is 4.17. The molecule has 1 aromatic rings. The average Bonchev–Trinajstić information content (AvgIpc) is 2.39. The van der Waals surface area contributed by atoms with Crippen molar-refractivity contribution in [1.29, 1.82) is 0 Å². The molecule has 0 radical (unpaired) electrons. The first-order valence-corrected chi connectivity index (χ1v) is 7.05. The lowest BCUT2D eigenvalue weighted by Gasteiger charge is -2.23. The Labute approximate surface area is 111 Å². The number of carbonyl (C=O) groups is 1. The molecule has 2 heteroatoms. The zero-order chi connectivity index (χ0) is 13.4. The molecule has 0 aliphatic carbocycles. The second-order valence-electron chi connectivity index (χ2n) is 4.81. The van der Waals surface area contributed by atoms with Gasteiger partial charge in [0.2, 0.25) is 0 Å². The first-order valence-electron chi connectivity index (χ1n) is 7.05. The molecular formula is C16H25NO. The summed E-state index contributed by atoms with van der Waals surface area (Å²) in [7, 11) is 0. The topological polar surface area (TPSA) is 20.3 Å². The predicted molar refractivity (Wildman–Crippen MR) is 76.9 cm³/mol. The quantitative estimate of drug-likeness (QED) is 0.712. The van der Waals surface area contributed by atoms with Gasteiger partial charge in [-0.3, -0.25) is 4.79 Å². The van der Waals surface area contributed by atoms with Gasteiger partial charge in [0.15, 0.2) is 0 Å². The molecule has 18 heavy (non-hydrogen) atoms. The van der Waals surface area contributed by atoms with Crippen molar-refractivity contribution in [2.24, 2.45) is 0 Å². The minimum absolute atomic E-state index is 0.190. The van der Waals surface area contributed by atoms with E-state index >= 15 is 0 Å². The van der Waals surface area contributed by atoms with Gasteiger partial charge in [0.25, 0.3) is 5.91 Å². The number of hydrogen-bond donors (Lipinski definition) is 0. The van der Waals surface area contributed by atoms with Gasteiger partial charge < -0.3 is 4.90 Å². The highest BCUT2D eigenvalue weighted by atomic mass is 16.2. The number of unbranched alkanes of at least 4 members (excludes halogenated alkanes) is 2. The molecule has 0 saturated heterocycles. The number of hydrogen-bond acceptors (Lipinski definition) is 1. The summed E-state index contributed by atoms with van der Waals surface area (Å²) in [6.07, 6.45) is 4.43. The van der Waals surface area contributed by atoms with Crippen LogP contribution in [0.2, 0.25) is 0 Å². The molecule has 0 N–H and O–H groups in total. The monoisotopic (exact) mass is 247 g/mol. The Bertz CT molecular complexity index is 365. The molecule has 1 amide bonds. The highest BCUT2D eigenvalue weighted by Gasteiger charge is 2.16. The number of nitrogens with zero attached hydrogens (tertiary/aromatic N) is 1. The summed E-state index contributed by atoms with van der Waals surface area (Å²) < 4.78 is 0. The third-order valence-electron chi connectivity index (χ3n) is 3.23. The van der Waals surface area contributed by atoms with E-state index in [9.17, 15) is 4.79 Å². The van der Waals surface area contributed by atoms with Crippen molar-refractivity contribution in [2.45, 2.75) is 46.5 Å². The third-order valence-corrected chi connectivity index (χ3v) is 3.23. The standard InChI is InChI=1S/C16H25NO/c1-4-6-12-17(13-7-5-2)16(18)15-11-9-8-10-14(15)3/h8-11H,4-7,12-13H2,1-3H3. The molecule has 0 atom stereocenters. The Hall–Kier alpha value is -1.31. The van der Waals surface area contributed by atoms with E-state index in [1.807, 2.05) is 36.1 Å². The smallest absolute Gasteiger partial charge is 0.254 e. The minimum atomic E-state index is 0.190. The second-order valence-corrected chi connectivity index (χ2v) is 4.81. The van der Waals surface area contributed by atoms with Crippen molar-refractivity contribution in [3.8, 4) is 0 Å². The molecule has 2 nitrogen and oxygen atoms in total. The first kappa shape index (κ1) is 14.7. The summed E-state index contributed by atoms with van der Waals surface area (Å²) >= 11 is 0. The molecule has 1 aromatic carbocycles. The number of aryl methyl sites for hydroxylation is 1. The maximum atomic E-state index is 12.5. The maximum absolute atomic E-state index is 12.5. The maximum Gasteiger partial charge on any atom is 0.254 e. The average molecular weight is 247 g/mol. The van der Waals surface area contributed by atoms with Crippen molar-refractivity contribution in [3.63, 3.8) is 0 Å². The normalized spacial score (nSPS) is 10.4. The van der Waals surface area contributed by atoms with E-state index in [0.717, 1.165) is 49.9 Å². The summed E-state index contributed by atoms with van der Waals surface area (Å²) in [6.45, 7) is 8.09. The highest BCUT2D eigenvalue weighted by molar-refractivity contribution is 5.95. The van der Waals surface area contributed by atoms with Crippen LogP contribution in [0.3, 0.4) is 0 Å². The fraction of sp³-hybridized carbons (Fsp3) is 0.562. The number of amides is 1. The lowest BCUT2D eigenvalue weighted by Crippen LogP contribution is -2.33. The lowest BCUT2D eigenvalue weighted by atomic mass is 10.1. The van der Waals surface area contributed by atoms with Gasteiger partial charge in [-0.2, -0.15) is 0 Å². The molecule has 0 aliphatic heterocycles. The molecule has 1 rings (SSSR count). The first-order chi connectivity index (χ1) is 8.70. The van der Waals surface area contributed by atoms with Crippen LogP contribution in [0.15, 0.2) is 24.3 Å². The van der Waals surface area contributed by atoms with Crippen molar-refractivity contribution in [3.05, 3.63) is 35.4 Å². The molecule has 0 spiro atoms. The van der Waals surface area contributed by atoms with Gasteiger partial charge in [0, 0.05) is 18.7 Å². The van der Waals surface area contributed by atoms with Crippen molar-refractivity contribution < 1.29 is 4.79 Å². The van der Waals surface area contributed by atoms with Gasteiger partial charge >= 0.3 is 0 Å². The van der Waals surface area contributed by atoms with Gasteiger partial charge in [-0.25, -0.2) is 0 Å². The molecule has 0 aromatic heterocycles. The Morgan fingerprint density at radius 3 is 2.11 bits per heavy atom. The van der Waals surface area contributed by atoms with Crippen LogP contribution in [0.4, 0.5) is 0 Å². The fourth-order valence-electron chi connectivity index (χ4n) is 2.00. The van der Waals surface area contributed by atoms with Crippen molar-refractivity contribution >= 4 is 5.91 Å². The van der Waals surface area contributed by atoms with Crippen LogP contribution < -0.4 is 0 Å². The van der Waals surface area contributed by atoms with Crippen LogP contribution in [0.5, 0.6) is 0 Å². The number of rotatable bonds is 7. The van der Waals surface area contributed by atoms with Crippen LogP contribution in [0, 0.1) is 6.92 Å². The van der Waals surface area contributed by atoms with E-state index < -0.39 is 0 Å². The van der Waals surface area contributed by atoms with Gasteiger partial charge in [-0.15, -0.1) is 0 Å². The Kier molecular flexibility index (Phi) is 6.48. The zero-order valence-electron chi connectivity index (χ0n) is 11.9. The van der Waals surface area contributed by atoms with Gasteiger partial charge in [0.1, 0.15) is 0 Å². The summed E-state index contributed by atoms with van der Waals surface area (Å²) in [5, 5.41) is 0. The fourth-order valence-corrected chi connectivity index (χ4v) is 2.00. The SMILES string of the molecule is CCCCN(CCCC)C(=O)c1ccccc1C. The minimum Gasteiger partial charge on any atom is -0.339 e. The van der Waals surface area contributed by atoms with E-state index in [2.05, 4.69) is 13.8 Å². The molecule has 0 bridgehead atoms. The van der Waals surface area contributed by atoms with E-state index in [0.29, 0.717) is 0 Å². The van der Waals surface area contributed by atoms with Crippen LogP contribution in [-0.2, 0) is 0 Å². The summed E-state index contributed by atoms with van der Waals surface area (Å²) in [4.78, 5) is 14.5. The molecule has 0 aliphatic rings. The van der Waals surface area contributed by atoms with Crippen molar-refractivity contribution in [2.75, 3.05) is 13.1 Å². The van der Waals surface area contributed by atoms with Crippen LogP contribution >= 0.6 is 0 Å². The van der Waals surface area contributed by atoms with Gasteiger partial charge in [-0.05, 0) is 31.4 Å². The summed E-state index contributed by atoms with van der Waals surface area (Å²) in [6, 6.07) is 7.86. The van der Waals surface area contributed by atoms with Gasteiger partial charge in [-0.1, -0.05) is 44.9 Å².